The van der Waals surface area contributed by atoms with Crippen LogP contribution in [0, 0.1) is 6.92 Å². The first kappa shape index (κ1) is 13.4. The first-order valence-electron chi connectivity index (χ1n) is 6.24. The predicted molar refractivity (Wildman–Crippen MR) is 74.5 cm³/mol. The molecule has 2 rings (SSSR count). The van der Waals surface area contributed by atoms with E-state index < -0.39 is 0 Å². The Morgan fingerprint density at radius 1 is 1.44 bits per heavy atom. The Bertz CT molecular complexity index is 405. The molecule has 1 aliphatic heterocycles. The van der Waals surface area contributed by atoms with E-state index in [9.17, 15) is 4.79 Å². The molecule has 1 aromatic rings. The Kier molecular flexibility index (Phi) is 4.66. The van der Waals surface area contributed by atoms with E-state index in [0.717, 1.165) is 18.2 Å². The number of aryl methyl sites for hydroxylation is 1. The van der Waals surface area contributed by atoms with Gasteiger partial charge < -0.3 is 4.74 Å². The van der Waals surface area contributed by atoms with Gasteiger partial charge in [-0.1, -0.05) is 29.8 Å². The second kappa shape index (κ2) is 6.25. The van der Waals surface area contributed by atoms with Crippen molar-refractivity contribution in [1.29, 1.82) is 0 Å². The summed E-state index contributed by atoms with van der Waals surface area (Å²) in [7, 11) is 0. The second-order valence-electron chi connectivity index (χ2n) is 4.50. The van der Waals surface area contributed by atoms with Crippen LogP contribution < -0.4 is 0 Å². The molecule has 0 spiro atoms. The van der Waals surface area contributed by atoms with E-state index in [1.165, 1.54) is 11.1 Å². The van der Waals surface area contributed by atoms with Gasteiger partial charge in [0.1, 0.15) is 6.04 Å². The lowest BCUT2D eigenvalue weighted by Gasteiger charge is -2.21. The van der Waals surface area contributed by atoms with Crippen LogP contribution >= 0.6 is 11.8 Å². The zero-order valence-corrected chi connectivity index (χ0v) is 11.7. The third-order valence-corrected chi connectivity index (χ3v) is 4.10. The van der Waals surface area contributed by atoms with Crippen molar-refractivity contribution in [2.45, 2.75) is 26.4 Å². The topological polar surface area (TPSA) is 29.5 Å². The van der Waals surface area contributed by atoms with Gasteiger partial charge in [0.2, 0.25) is 0 Å². The van der Waals surface area contributed by atoms with Crippen LogP contribution in [0.25, 0.3) is 0 Å². The quantitative estimate of drug-likeness (QED) is 0.782. The number of benzene rings is 1. The fourth-order valence-electron chi connectivity index (χ4n) is 2.02. The van der Waals surface area contributed by atoms with E-state index in [0.29, 0.717) is 6.61 Å². The van der Waals surface area contributed by atoms with Crippen molar-refractivity contribution in [2.75, 3.05) is 18.2 Å². The lowest BCUT2D eigenvalue weighted by Crippen LogP contribution is -2.38. The zero-order chi connectivity index (χ0) is 13.0. The predicted octanol–water partition coefficient (Wildman–Crippen LogP) is 2.43. The summed E-state index contributed by atoms with van der Waals surface area (Å²) in [6, 6.07) is 8.38. The van der Waals surface area contributed by atoms with Crippen LogP contribution in [0.1, 0.15) is 18.1 Å². The van der Waals surface area contributed by atoms with Crippen molar-refractivity contribution < 1.29 is 9.53 Å². The third kappa shape index (κ3) is 3.27. The van der Waals surface area contributed by atoms with Crippen LogP contribution in [0.4, 0.5) is 0 Å². The molecule has 0 bridgehead atoms. The van der Waals surface area contributed by atoms with Gasteiger partial charge in [0.25, 0.3) is 0 Å². The lowest BCUT2D eigenvalue weighted by molar-refractivity contribution is -0.148. The number of carbonyl (C=O) groups is 1. The van der Waals surface area contributed by atoms with E-state index in [4.69, 9.17) is 4.74 Å². The molecule has 1 heterocycles. The summed E-state index contributed by atoms with van der Waals surface area (Å²) in [5.74, 6) is 1.65. The maximum absolute atomic E-state index is 11.8. The van der Waals surface area contributed by atoms with Gasteiger partial charge in [-0.25, -0.2) is 0 Å². The fraction of sp³-hybridized carbons (Fsp3) is 0.500. The average molecular weight is 265 g/mol. The zero-order valence-electron chi connectivity index (χ0n) is 10.9. The van der Waals surface area contributed by atoms with Gasteiger partial charge in [-0.2, -0.15) is 0 Å². The van der Waals surface area contributed by atoms with Crippen molar-refractivity contribution >= 4 is 17.7 Å². The highest BCUT2D eigenvalue weighted by Crippen LogP contribution is 2.24. The molecule has 1 fully saturated rings. The number of hydrogen-bond donors (Lipinski definition) is 0. The number of nitrogens with zero attached hydrogens (tertiary/aromatic N) is 1. The van der Waals surface area contributed by atoms with Crippen LogP contribution in [0.15, 0.2) is 24.3 Å². The lowest BCUT2D eigenvalue weighted by atomic mass is 10.1. The van der Waals surface area contributed by atoms with Crippen LogP contribution in [0.5, 0.6) is 0 Å². The summed E-state index contributed by atoms with van der Waals surface area (Å²) < 4.78 is 5.12. The summed E-state index contributed by atoms with van der Waals surface area (Å²) in [4.78, 5) is 14.0. The van der Waals surface area contributed by atoms with E-state index in [2.05, 4.69) is 36.1 Å². The number of esters is 1. The SMILES string of the molecule is CCOC(=O)[C@@H]1CSCN1Cc1ccc(C)cc1. The van der Waals surface area contributed by atoms with E-state index in [1.54, 1.807) is 11.8 Å². The fourth-order valence-corrected chi connectivity index (χ4v) is 3.20. The van der Waals surface area contributed by atoms with E-state index in [-0.39, 0.29) is 12.0 Å². The molecule has 0 aromatic heterocycles. The molecule has 4 heteroatoms. The van der Waals surface area contributed by atoms with Crippen molar-refractivity contribution in [3.8, 4) is 0 Å². The number of ether oxygens (including phenoxy) is 1. The molecule has 0 N–H and O–H groups in total. The Labute approximate surface area is 113 Å². The van der Waals surface area contributed by atoms with Crippen molar-refractivity contribution in [3.05, 3.63) is 35.4 Å². The molecule has 0 radical (unpaired) electrons. The van der Waals surface area contributed by atoms with E-state index >= 15 is 0 Å². The molecule has 1 atom stereocenters. The van der Waals surface area contributed by atoms with Gasteiger partial charge in [0.15, 0.2) is 0 Å². The van der Waals surface area contributed by atoms with Gasteiger partial charge in [-0.3, -0.25) is 9.69 Å². The summed E-state index contributed by atoms with van der Waals surface area (Å²) in [6.45, 7) is 5.20. The smallest absolute Gasteiger partial charge is 0.324 e. The number of rotatable bonds is 4. The summed E-state index contributed by atoms with van der Waals surface area (Å²) in [6.07, 6.45) is 0. The van der Waals surface area contributed by atoms with Crippen LogP contribution in [0.2, 0.25) is 0 Å². The standard InChI is InChI=1S/C14H19NO2S/c1-3-17-14(16)13-9-18-10-15(13)8-12-6-4-11(2)5-7-12/h4-7,13H,3,8-10H2,1-2H3/t13-/m0/s1. The van der Waals surface area contributed by atoms with Gasteiger partial charge in [0, 0.05) is 18.2 Å². The largest absolute Gasteiger partial charge is 0.465 e. The summed E-state index contributed by atoms with van der Waals surface area (Å²) >= 11 is 1.79. The molecule has 1 saturated heterocycles. The Morgan fingerprint density at radius 2 is 2.17 bits per heavy atom. The number of carbonyl (C=O) groups excluding carboxylic acids is 1. The molecule has 98 valence electrons. The monoisotopic (exact) mass is 265 g/mol. The molecule has 0 saturated carbocycles. The molecule has 0 unspecified atom stereocenters. The first-order valence-corrected chi connectivity index (χ1v) is 7.40. The van der Waals surface area contributed by atoms with E-state index in [1.807, 2.05) is 6.92 Å². The first-order chi connectivity index (χ1) is 8.70. The van der Waals surface area contributed by atoms with Crippen LogP contribution in [-0.2, 0) is 16.1 Å². The second-order valence-corrected chi connectivity index (χ2v) is 5.50. The van der Waals surface area contributed by atoms with Crippen LogP contribution in [-0.4, -0.2) is 35.1 Å². The summed E-state index contributed by atoms with van der Waals surface area (Å²) in [5.41, 5.74) is 2.51. The number of hydrogen-bond acceptors (Lipinski definition) is 4. The normalized spacial score (nSPS) is 20.0. The third-order valence-electron chi connectivity index (χ3n) is 3.04. The van der Waals surface area contributed by atoms with Gasteiger partial charge >= 0.3 is 5.97 Å². The average Bonchev–Trinajstić information content (AvgIpc) is 2.81. The molecular weight excluding hydrogens is 246 g/mol. The summed E-state index contributed by atoms with van der Waals surface area (Å²) in [5, 5.41) is 0. The minimum absolute atomic E-state index is 0.0868. The molecule has 18 heavy (non-hydrogen) atoms. The molecule has 0 amide bonds. The molecular formula is C14H19NO2S. The minimum atomic E-state index is -0.0883. The highest BCUT2D eigenvalue weighted by molar-refractivity contribution is 7.99. The van der Waals surface area contributed by atoms with Crippen molar-refractivity contribution in [1.82, 2.24) is 4.90 Å². The maximum Gasteiger partial charge on any atom is 0.324 e. The Balaban J connectivity index is 1.99. The van der Waals surface area contributed by atoms with Gasteiger partial charge in [-0.05, 0) is 19.4 Å². The van der Waals surface area contributed by atoms with Crippen molar-refractivity contribution in [2.24, 2.45) is 0 Å². The minimum Gasteiger partial charge on any atom is -0.465 e. The van der Waals surface area contributed by atoms with Gasteiger partial charge in [0.05, 0.1) is 6.61 Å². The molecule has 1 aromatic carbocycles. The van der Waals surface area contributed by atoms with Crippen molar-refractivity contribution in [3.63, 3.8) is 0 Å². The van der Waals surface area contributed by atoms with Gasteiger partial charge in [-0.15, -0.1) is 11.8 Å². The molecule has 3 nitrogen and oxygen atoms in total. The highest BCUT2D eigenvalue weighted by Gasteiger charge is 2.32. The number of thioether (sulfide) groups is 1. The Morgan fingerprint density at radius 3 is 2.83 bits per heavy atom. The Hall–Kier alpha value is -1.00. The van der Waals surface area contributed by atoms with Crippen LogP contribution in [0.3, 0.4) is 0 Å². The highest BCUT2D eigenvalue weighted by atomic mass is 32.2. The molecule has 1 aliphatic rings. The molecule has 0 aliphatic carbocycles. The maximum atomic E-state index is 11.8.